The molecule has 0 atom stereocenters. The molecule has 2 aromatic carbocycles. The van der Waals surface area contributed by atoms with Crippen LogP contribution in [-0.4, -0.2) is 28.0 Å². The summed E-state index contributed by atoms with van der Waals surface area (Å²) in [7, 11) is 1.62. The van der Waals surface area contributed by atoms with Crippen molar-refractivity contribution in [3.05, 3.63) is 53.6 Å². The van der Waals surface area contributed by atoms with Gasteiger partial charge in [-0.05, 0) is 42.3 Å². The maximum Gasteiger partial charge on any atom is 0.251 e. The van der Waals surface area contributed by atoms with Gasteiger partial charge in [-0.1, -0.05) is 24.3 Å². The number of aromatic nitrogens is 3. The molecule has 124 valence electrons. The molecule has 24 heavy (non-hydrogen) atoms. The number of ether oxygens (including phenoxy) is 1. The molecule has 0 unspecified atom stereocenters. The molecule has 0 bridgehead atoms. The first kappa shape index (κ1) is 16.0. The zero-order valence-electron chi connectivity index (χ0n) is 13.8. The molecular formula is C18H20N4O2. The van der Waals surface area contributed by atoms with Crippen LogP contribution in [0.1, 0.15) is 29.3 Å². The number of rotatable bonds is 6. The van der Waals surface area contributed by atoms with Crippen LogP contribution in [0.5, 0.6) is 5.75 Å². The van der Waals surface area contributed by atoms with Crippen LogP contribution in [0.2, 0.25) is 0 Å². The van der Waals surface area contributed by atoms with Crippen molar-refractivity contribution in [3.63, 3.8) is 0 Å². The van der Waals surface area contributed by atoms with E-state index in [9.17, 15) is 4.79 Å². The third-order valence-electron chi connectivity index (χ3n) is 3.80. The number of fused-ring (bicyclic) bond motifs is 1. The second-order valence-corrected chi connectivity index (χ2v) is 5.55. The van der Waals surface area contributed by atoms with Gasteiger partial charge in [-0.15, -0.1) is 5.10 Å². The number of amides is 1. The number of aryl methyl sites for hydroxylation is 1. The number of carbonyl (C=O) groups is 1. The highest BCUT2D eigenvalue weighted by atomic mass is 16.5. The average Bonchev–Trinajstić information content (AvgIpc) is 3.02. The van der Waals surface area contributed by atoms with Gasteiger partial charge >= 0.3 is 0 Å². The van der Waals surface area contributed by atoms with E-state index in [4.69, 9.17) is 4.74 Å². The van der Waals surface area contributed by atoms with E-state index in [0.29, 0.717) is 12.1 Å². The number of nitrogens with one attached hydrogen (secondary N) is 1. The highest BCUT2D eigenvalue weighted by molar-refractivity contribution is 5.97. The van der Waals surface area contributed by atoms with Crippen molar-refractivity contribution in [1.82, 2.24) is 20.3 Å². The Morgan fingerprint density at radius 3 is 2.92 bits per heavy atom. The molecule has 1 heterocycles. The fourth-order valence-electron chi connectivity index (χ4n) is 2.56. The highest BCUT2D eigenvalue weighted by Gasteiger charge is 2.10. The van der Waals surface area contributed by atoms with Crippen molar-refractivity contribution in [2.45, 2.75) is 26.4 Å². The van der Waals surface area contributed by atoms with E-state index in [1.54, 1.807) is 19.2 Å². The van der Waals surface area contributed by atoms with E-state index in [1.807, 2.05) is 35.0 Å². The maximum atomic E-state index is 12.4. The molecule has 1 amide bonds. The lowest BCUT2D eigenvalue weighted by Crippen LogP contribution is -2.22. The largest absolute Gasteiger partial charge is 0.497 e. The Kier molecular flexibility index (Phi) is 4.74. The Hall–Kier alpha value is -2.89. The fraction of sp³-hybridized carbons (Fsp3) is 0.278. The summed E-state index contributed by atoms with van der Waals surface area (Å²) in [6, 6.07) is 13.1. The van der Waals surface area contributed by atoms with Crippen LogP contribution >= 0.6 is 0 Å². The summed E-state index contributed by atoms with van der Waals surface area (Å²) in [5.74, 6) is 0.639. The summed E-state index contributed by atoms with van der Waals surface area (Å²) in [5, 5.41) is 11.2. The van der Waals surface area contributed by atoms with Crippen molar-refractivity contribution in [1.29, 1.82) is 0 Å². The lowest BCUT2D eigenvalue weighted by Gasteiger charge is -2.07. The molecule has 3 rings (SSSR count). The minimum atomic E-state index is -0.134. The summed E-state index contributed by atoms with van der Waals surface area (Å²) in [6.07, 6.45) is 0.987. The minimum absolute atomic E-state index is 0.134. The molecule has 1 aromatic heterocycles. The van der Waals surface area contributed by atoms with Gasteiger partial charge in [0.25, 0.3) is 5.91 Å². The van der Waals surface area contributed by atoms with Crippen LogP contribution in [0.4, 0.5) is 0 Å². The molecule has 0 fully saturated rings. The van der Waals surface area contributed by atoms with Crippen LogP contribution in [0.25, 0.3) is 11.0 Å². The number of methoxy groups -OCH3 is 1. The Morgan fingerprint density at radius 1 is 1.25 bits per heavy atom. The minimum Gasteiger partial charge on any atom is -0.497 e. The standard InChI is InChI=1S/C18H20N4O2/c1-3-9-22-17-8-7-14(11-16(17)20-21-22)18(23)19-12-13-5-4-6-15(10-13)24-2/h4-8,10-11H,3,9,12H2,1-2H3,(H,19,23). The summed E-state index contributed by atoms with van der Waals surface area (Å²) >= 11 is 0. The van der Waals surface area contributed by atoms with E-state index in [1.165, 1.54) is 0 Å². The van der Waals surface area contributed by atoms with Gasteiger partial charge in [0.15, 0.2) is 0 Å². The van der Waals surface area contributed by atoms with Gasteiger partial charge in [-0.2, -0.15) is 0 Å². The third kappa shape index (κ3) is 3.37. The number of benzene rings is 2. The Labute approximate surface area is 140 Å². The molecular weight excluding hydrogens is 304 g/mol. The smallest absolute Gasteiger partial charge is 0.251 e. The first-order valence-corrected chi connectivity index (χ1v) is 7.95. The van der Waals surface area contributed by atoms with Crippen molar-refractivity contribution in [2.24, 2.45) is 0 Å². The number of hydrogen-bond acceptors (Lipinski definition) is 4. The summed E-state index contributed by atoms with van der Waals surface area (Å²) in [6.45, 7) is 3.35. The van der Waals surface area contributed by atoms with Crippen LogP contribution < -0.4 is 10.1 Å². The predicted octanol–water partition coefficient (Wildman–Crippen LogP) is 2.78. The van der Waals surface area contributed by atoms with E-state index in [-0.39, 0.29) is 5.91 Å². The first-order chi connectivity index (χ1) is 11.7. The van der Waals surface area contributed by atoms with E-state index in [2.05, 4.69) is 22.6 Å². The second-order valence-electron chi connectivity index (χ2n) is 5.55. The number of carbonyl (C=O) groups excluding carboxylic acids is 1. The molecule has 0 radical (unpaired) electrons. The summed E-state index contributed by atoms with van der Waals surface area (Å²) in [5.41, 5.74) is 3.24. The Bertz CT molecular complexity index is 857. The summed E-state index contributed by atoms with van der Waals surface area (Å²) in [4.78, 5) is 12.4. The molecule has 0 spiro atoms. The third-order valence-corrected chi connectivity index (χ3v) is 3.80. The van der Waals surface area contributed by atoms with E-state index >= 15 is 0 Å². The lowest BCUT2D eigenvalue weighted by molar-refractivity contribution is 0.0951. The summed E-state index contributed by atoms with van der Waals surface area (Å²) < 4.78 is 7.04. The molecule has 6 nitrogen and oxygen atoms in total. The normalized spacial score (nSPS) is 10.8. The SMILES string of the molecule is CCCn1nnc2cc(C(=O)NCc3cccc(OC)c3)ccc21. The molecule has 1 N–H and O–H groups in total. The average molecular weight is 324 g/mol. The van der Waals surface area contributed by atoms with Gasteiger partial charge in [-0.25, -0.2) is 4.68 Å². The van der Waals surface area contributed by atoms with Crippen LogP contribution in [0.15, 0.2) is 42.5 Å². The number of nitrogens with zero attached hydrogens (tertiary/aromatic N) is 3. The zero-order valence-corrected chi connectivity index (χ0v) is 13.8. The van der Waals surface area contributed by atoms with Crippen molar-refractivity contribution < 1.29 is 9.53 Å². The molecule has 3 aromatic rings. The van der Waals surface area contributed by atoms with Crippen molar-refractivity contribution in [3.8, 4) is 5.75 Å². The van der Waals surface area contributed by atoms with Gasteiger partial charge in [0.05, 0.1) is 12.6 Å². The lowest BCUT2D eigenvalue weighted by atomic mass is 10.1. The Morgan fingerprint density at radius 2 is 2.12 bits per heavy atom. The molecule has 6 heteroatoms. The molecule has 0 aliphatic heterocycles. The van der Waals surface area contributed by atoms with E-state index in [0.717, 1.165) is 35.3 Å². The van der Waals surface area contributed by atoms with Gasteiger partial charge < -0.3 is 10.1 Å². The molecule has 0 aliphatic rings. The van der Waals surface area contributed by atoms with Crippen LogP contribution in [-0.2, 0) is 13.1 Å². The maximum absolute atomic E-state index is 12.4. The van der Waals surface area contributed by atoms with E-state index < -0.39 is 0 Å². The quantitative estimate of drug-likeness (QED) is 0.757. The highest BCUT2D eigenvalue weighted by Crippen LogP contribution is 2.15. The number of hydrogen-bond donors (Lipinski definition) is 1. The monoisotopic (exact) mass is 324 g/mol. The topological polar surface area (TPSA) is 69.0 Å². The first-order valence-electron chi connectivity index (χ1n) is 7.95. The molecule has 0 aliphatic carbocycles. The van der Waals surface area contributed by atoms with Gasteiger partial charge in [0.1, 0.15) is 11.3 Å². The zero-order chi connectivity index (χ0) is 16.9. The molecule has 0 saturated heterocycles. The Balaban J connectivity index is 1.71. The van der Waals surface area contributed by atoms with Crippen LogP contribution in [0.3, 0.4) is 0 Å². The van der Waals surface area contributed by atoms with Gasteiger partial charge in [-0.3, -0.25) is 4.79 Å². The fourth-order valence-corrected chi connectivity index (χ4v) is 2.56. The van der Waals surface area contributed by atoms with Gasteiger partial charge in [0, 0.05) is 18.7 Å². The second kappa shape index (κ2) is 7.12. The van der Waals surface area contributed by atoms with Crippen LogP contribution in [0, 0.1) is 0 Å². The van der Waals surface area contributed by atoms with Crippen molar-refractivity contribution >= 4 is 16.9 Å². The predicted molar refractivity (Wildman–Crippen MR) is 92.0 cm³/mol. The van der Waals surface area contributed by atoms with Gasteiger partial charge in [0.2, 0.25) is 0 Å². The van der Waals surface area contributed by atoms with Crippen molar-refractivity contribution in [2.75, 3.05) is 7.11 Å². The molecule has 0 saturated carbocycles.